The van der Waals surface area contributed by atoms with Gasteiger partial charge >= 0.3 is 0 Å². The molecule has 0 aromatic rings. The summed E-state index contributed by atoms with van der Waals surface area (Å²) in [7, 11) is 0. The van der Waals surface area contributed by atoms with Gasteiger partial charge in [0.2, 0.25) is 29.5 Å². The van der Waals surface area contributed by atoms with Crippen LogP contribution in [0, 0.1) is 5.92 Å². The summed E-state index contributed by atoms with van der Waals surface area (Å²) in [5.41, 5.74) is 0. The van der Waals surface area contributed by atoms with E-state index in [1.165, 1.54) is 6.92 Å². The summed E-state index contributed by atoms with van der Waals surface area (Å²) in [4.78, 5) is 82.9. The first-order valence-corrected chi connectivity index (χ1v) is 17.9. The molecule has 0 aliphatic carbocycles. The van der Waals surface area contributed by atoms with Crippen LogP contribution < -0.4 is 16.0 Å². The number of Topliss-reactive ketones (excluding diaryl/α,β-unsaturated/α-hetero) is 2. The van der Waals surface area contributed by atoms with Gasteiger partial charge in [0.15, 0.2) is 5.78 Å². The van der Waals surface area contributed by atoms with Crippen LogP contribution in [0.25, 0.3) is 0 Å². The molecule has 3 N–H and O–H groups in total. The second-order valence-electron chi connectivity index (χ2n) is 11.8. The van der Waals surface area contributed by atoms with E-state index in [1.807, 2.05) is 0 Å². The molecule has 1 saturated heterocycles. The van der Waals surface area contributed by atoms with E-state index in [-0.39, 0.29) is 159 Å². The first-order valence-electron chi connectivity index (χ1n) is 17.9. The van der Waals surface area contributed by atoms with Gasteiger partial charge in [-0.3, -0.25) is 38.5 Å². The van der Waals surface area contributed by atoms with Crippen molar-refractivity contribution in [2.75, 3.05) is 132 Å². The van der Waals surface area contributed by atoms with Crippen LogP contribution in [0.5, 0.6) is 0 Å². The molecule has 304 valence electrons. The number of nitrogens with zero attached hydrogens (tertiary/aromatic N) is 1. The van der Waals surface area contributed by atoms with Crippen LogP contribution in [-0.2, 0) is 71.5 Å². The summed E-state index contributed by atoms with van der Waals surface area (Å²) in [5.74, 6) is -1.74. The van der Waals surface area contributed by atoms with Gasteiger partial charge in [-0.05, 0) is 13.3 Å². The summed E-state index contributed by atoms with van der Waals surface area (Å²) in [6.45, 7) is 7.07. The molecule has 1 fully saturated rings. The van der Waals surface area contributed by atoms with Crippen LogP contribution in [0.15, 0.2) is 0 Å². The highest BCUT2D eigenvalue weighted by atomic mass is 16.5. The molecule has 1 aliphatic heterocycles. The smallest absolute Gasteiger partial charge is 0.246 e. The zero-order valence-electron chi connectivity index (χ0n) is 31.1. The Morgan fingerprint density at radius 2 is 0.962 bits per heavy atom. The van der Waals surface area contributed by atoms with Crippen molar-refractivity contribution in [1.29, 1.82) is 0 Å². The fraction of sp³-hybridized carbons (Fsp3) is 0.794. The molecule has 1 heterocycles. The third kappa shape index (κ3) is 27.8. The maximum atomic E-state index is 12.0. The Morgan fingerprint density at radius 1 is 0.566 bits per heavy atom. The minimum absolute atomic E-state index is 0.0343. The quantitative estimate of drug-likeness (QED) is 0.0472. The van der Waals surface area contributed by atoms with Crippen molar-refractivity contribution in [3.63, 3.8) is 0 Å². The van der Waals surface area contributed by atoms with Gasteiger partial charge < -0.3 is 53.8 Å². The highest BCUT2D eigenvalue weighted by molar-refractivity contribution is 6.03. The van der Waals surface area contributed by atoms with Gasteiger partial charge in [0.05, 0.1) is 72.7 Å². The lowest BCUT2D eigenvalue weighted by atomic mass is 10.1. The number of carbonyl (C=O) groups excluding carboxylic acids is 7. The normalized spacial score (nSPS) is 14.1. The first-order chi connectivity index (χ1) is 25.6. The molecule has 0 bridgehead atoms. The average molecular weight is 763 g/mol. The molecule has 19 heteroatoms. The van der Waals surface area contributed by atoms with Gasteiger partial charge in [-0.1, -0.05) is 6.92 Å². The number of carbonyl (C=O) groups is 7. The molecule has 1 aliphatic rings. The van der Waals surface area contributed by atoms with Gasteiger partial charge in [-0.15, -0.1) is 0 Å². The number of hydrogen-bond acceptors (Lipinski definition) is 15. The van der Waals surface area contributed by atoms with Gasteiger partial charge in [0.25, 0.3) is 0 Å². The highest BCUT2D eigenvalue weighted by Gasteiger charge is 2.35. The minimum atomic E-state index is -0.313. The van der Waals surface area contributed by atoms with Crippen LogP contribution in [0.2, 0.25) is 0 Å². The van der Waals surface area contributed by atoms with Crippen LogP contribution in [0.3, 0.4) is 0 Å². The van der Waals surface area contributed by atoms with Crippen molar-refractivity contribution in [3.8, 4) is 0 Å². The molecular weight excluding hydrogens is 704 g/mol. The van der Waals surface area contributed by atoms with E-state index in [1.54, 1.807) is 6.92 Å². The van der Waals surface area contributed by atoms with Crippen LogP contribution in [0.4, 0.5) is 0 Å². The van der Waals surface area contributed by atoms with Crippen LogP contribution in [0.1, 0.15) is 39.5 Å². The van der Waals surface area contributed by atoms with Gasteiger partial charge in [-0.2, -0.15) is 0 Å². The Labute approximate surface area is 310 Å². The van der Waals surface area contributed by atoms with Crippen molar-refractivity contribution < 1.29 is 71.5 Å². The van der Waals surface area contributed by atoms with E-state index in [4.69, 9.17) is 37.9 Å². The SMILES string of the molecule is CC(=O)COCCOCCNC(=O)COCCOCCNC(=O)COCCOCCNC(=O)COCCOCCCC(=O)CCN1C(=O)CC(C)C1=O. The second kappa shape index (κ2) is 32.0. The number of ketones is 2. The fourth-order valence-electron chi connectivity index (χ4n) is 4.35. The van der Waals surface area contributed by atoms with Crippen LogP contribution in [-0.4, -0.2) is 178 Å². The van der Waals surface area contributed by atoms with Gasteiger partial charge in [0.1, 0.15) is 32.2 Å². The standard InChI is InChI=1S/C34H58N4O15/c1-27-22-33(44)38(34(27)45)9-5-29(40)4-3-10-46-14-19-51-24-30(41)36-7-12-48-16-21-53-26-32(43)37-8-13-49-17-20-52-25-31(42)35-6-11-47-15-18-50-23-28(2)39/h27H,3-26H2,1-2H3,(H,35,42)(H,36,41)(H,37,43). The molecule has 0 radical (unpaired) electrons. The Kier molecular flexibility index (Phi) is 28.8. The van der Waals surface area contributed by atoms with E-state index < -0.39 is 0 Å². The van der Waals surface area contributed by atoms with Crippen LogP contribution >= 0.6 is 0 Å². The molecule has 1 rings (SSSR count). The summed E-state index contributed by atoms with van der Waals surface area (Å²) in [6.07, 6.45) is 1.15. The number of amides is 5. The van der Waals surface area contributed by atoms with E-state index in [0.29, 0.717) is 45.8 Å². The van der Waals surface area contributed by atoms with Crippen molar-refractivity contribution in [2.24, 2.45) is 5.92 Å². The summed E-state index contributed by atoms with van der Waals surface area (Å²) >= 11 is 0. The monoisotopic (exact) mass is 762 g/mol. The highest BCUT2D eigenvalue weighted by Crippen LogP contribution is 2.19. The van der Waals surface area contributed by atoms with Gasteiger partial charge in [0, 0.05) is 58.0 Å². The van der Waals surface area contributed by atoms with Gasteiger partial charge in [-0.25, -0.2) is 0 Å². The lowest BCUT2D eigenvalue weighted by Crippen LogP contribution is -2.32. The second-order valence-corrected chi connectivity index (χ2v) is 11.8. The number of hydrogen-bond donors (Lipinski definition) is 3. The maximum Gasteiger partial charge on any atom is 0.246 e. The summed E-state index contributed by atoms with van der Waals surface area (Å²) in [5, 5.41) is 7.95. The molecule has 1 atom stereocenters. The number of ether oxygens (including phenoxy) is 8. The van der Waals surface area contributed by atoms with Crippen molar-refractivity contribution >= 4 is 41.1 Å². The molecule has 0 aromatic carbocycles. The Balaban J connectivity index is 1.79. The molecule has 5 amide bonds. The molecule has 0 aromatic heterocycles. The molecule has 0 saturated carbocycles. The molecule has 1 unspecified atom stereocenters. The van der Waals surface area contributed by atoms with E-state index in [9.17, 15) is 33.6 Å². The fourth-order valence-corrected chi connectivity index (χ4v) is 4.35. The maximum absolute atomic E-state index is 12.0. The molecule has 19 nitrogen and oxygen atoms in total. The first kappa shape index (κ1) is 47.6. The zero-order chi connectivity index (χ0) is 38.9. The third-order valence-corrected chi connectivity index (χ3v) is 7.03. The van der Waals surface area contributed by atoms with Crippen molar-refractivity contribution in [3.05, 3.63) is 0 Å². The third-order valence-electron chi connectivity index (χ3n) is 7.03. The van der Waals surface area contributed by atoms with E-state index in [0.717, 1.165) is 4.90 Å². The number of imide groups is 1. The Bertz CT molecular complexity index is 1090. The Morgan fingerprint density at radius 3 is 1.36 bits per heavy atom. The van der Waals surface area contributed by atoms with Crippen molar-refractivity contribution in [2.45, 2.75) is 39.5 Å². The lowest BCUT2D eigenvalue weighted by Gasteiger charge is -2.13. The van der Waals surface area contributed by atoms with E-state index in [2.05, 4.69) is 16.0 Å². The summed E-state index contributed by atoms with van der Waals surface area (Å²) in [6, 6.07) is 0. The predicted octanol–water partition coefficient (Wildman–Crippen LogP) is -1.81. The number of nitrogens with one attached hydrogen (secondary N) is 3. The lowest BCUT2D eigenvalue weighted by molar-refractivity contribution is -0.139. The number of likely N-dealkylation sites (tertiary alicyclic amines) is 1. The number of rotatable bonds is 36. The topological polar surface area (TPSA) is 233 Å². The molecule has 53 heavy (non-hydrogen) atoms. The minimum Gasteiger partial charge on any atom is -0.379 e. The van der Waals surface area contributed by atoms with E-state index >= 15 is 0 Å². The summed E-state index contributed by atoms with van der Waals surface area (Å²) < 4.78 is 42.2. The predicted molar refractivity (Wildman–Crippen MR) is 186 cm³/mol. The Hall–Kier alpha value is -3.43. The average Bonchev–Trinajstić information content (AvgIpc) is 3.37. The zero-order valence-corrected chi connectivity index (χ0v) is 31.1. The van der Waals surface area contributed by atoms with Crippen molar-refractivity contribution in [1.82, 2.24) is 20.9 Å². The molecular formula is C34H58N4O15. The largest absolute Gasteiger partial charge is 0.379 e. The molecule has 0 spiro atoms.